The second-order valence-corrected chi connectivity index (χ2v) is 10.6. The first-order valence-corrected chi connectivity index (χ1v) is 12.4. The standard InChI is InChI=1S/C29H33FN4O3/c1-18-6-7-19(2)34(28(36)37-29(3,4)5)26(18)27(35)33-24(17-32)14-20-8-10-21(11-9-20)22-12-13-23(16-31)25(30)15-22/h8-13,15,18-19,24,26H,6-7,14H2,1-5H3,(H,33,35)/t18-,19+,24+,26+/m1/s1. The largest absolute Gasteiger partial charge is 0.444 e. The van der Waals surface area contributed by atoms with Crippen molar-refractivity contribution >= 4 is 12.0 Å². The monoisotopic (exact) mass is 504 g/mol. The minimum atomic E-state index is -0.796. The zero-order valence-electron chi connectivity index (χ0n) is 21.9. The van der Waals surface area contributed by atoms with Crippen molar-refractivity contribution in [1.82, 2.24) is 10.2 Å². The molecule has 0 radical (unpaired) electrons. The van der Waals surface area contributed by atoms with Crippen LogP contribution in [-0.2, 0) is 16.0 Å². The van der Waals surface area contributed by atoms with E-state index in [1.807, 2.05) is 38.1 Å². The maximum Gasteiger partial charge on any atom is 0.411 e. The minimum absolute atomic E-state index is 0.0140. The number of carbonyl (C=O) groups is 2. The first kappa shape index (κ1) is 27.7. The molecule has 3 rings (SSSR count). The molecular formula is C29H33FN4O3. The number of ether oxygens (including phenoxy) is 1. The molecular weight excluding hydrogens is 471 g/mol. The van der Waals surface area contributed by atoms with E-state index in [1.54, 1.807) is 32.9 Å². The molecule has 0 bridgehead atoms. The summed E-state index contributed by atoms with van der Waals surface area (Å²) in [5, 5.41) is 21.5. The van der Waals surface area contributed by atoms with E-state index in [2.05, 4.69) is 11.4 Å². The molecule has 1 N–H and O–H groups in total. The van der Waals surface area contributed by atoms with Gasteiger partial charge in [0.1, 0.15) is 29.6 Å². The summed E-state index contributed by atoms with van der Waals surface area (Å²) in [7, 11) is 0. The highest BCUT2D eigenvalue weighted by Crippen LogP contribution is 2.30. The molecule has 1 aliphatic rings. The van der Waals surface area contributed by atoms with Gasteiger partial charge < -0.3 is 10.1 Å². The quantitative estimate of drug-likeness (QED) is 0.592. The summed E-state index contributed by atoms with van der Waals surface area (Å²) in [5.41, 5.74) is 1.51. The van der Waals surface area contributed by atoms with Crippen molar-refractivity contribution in [3.8, 4) is 23.3 Å². The van der Waals surface area contributed by atoms with E-state index in [-0.39, 0.29) is 29.9 Å². The third-order valence-electron chi connectivity index (χ3n) is 6.52. The third kappa shape index (κ3) is 6.86. The zero-order valence-corrected chi connectivity index (χ0v) is 21.9. The van der Waals surface area contributed by atoms with Gasteiger partial charge in [0.2, 0.25) is 5.91 Å². The number of halogens is 1. The SMILES string of the molecule is C[C@@H]1CC[C@H](C)N(C(=O)OC(C)(C)C)[C@@H]1C(=O)N[C@H](C#N)Cc1ccc(-c2ccc(C#N)c(F)c2)cc1. The molecule has 1 fully saturated rings. The Balaban J connectivity index is 1.72. The number of hydrogen-bond donors (Lipinski definition) is 1. The van der Waals surface area contributed by atoms with Crippen LogP contribution < -0.4 is 5.32 Å². The van der Waals surface area contributed by atoms with E-state index in [4.69, 9.17) is 10.00 Å². The molecule has 0 unspecified atom stereocenters. The number of nitrogens with zero attached hydrogens (tertiary/aromatic N) is 3. The second-order valence-electron chi connectivity index (χ2n) is 10.6. The summed E-state index contributed by atoms with van der Waals surface area (Å²) >= 11 is 0. The maximum atomic E-state index is 14.0. The Labute approximate surface area is 217 Å². The van der Waals surface area contributed by atoms with Crippen LogP contribution in [0, 0.1) is 34.4 Å². The highest BCUT2D eigenvalue weighted by molar-refractivity contribution is 5.87. The molecule has 7 nitrogen and oxygen atoms in total. The second kappa shape index (κ2) is 11.4. The molecule has 1 aliphatic heterocycles. The normalized spacial score (nSPS) is 20.3. The summed E-state index contributed by atoms with van der Waals surface area (Å²) < 4.78 is 19.6. The Morgan fingerprint density at radius 1 is 1.11 bits per heavy atom. The van der Waals surface area contributed by atoms with Crippen LogP contribution in [0.3, 0.4) is 0 Å². The van der Waals surface area contributed by atoms with E-state index >= 15 is 0 Å². The molecule has 37 heavy (non-hydrogen) atoms. The number of amides is 2. The summed E-state index contributed by atoms with van der Waals surface area (Å²) in [6.07, 6.45) is 1.29. The summed E-state index contributed by atoms with van der Waals surface area (Å²) in [4.78, 5) is 27.8. The molecule has 1 heterocycles. The fraction of sp³-hybridized carbons (Fsp3) is 0.448. The van der Waals surface area contributed by atoms with Crippen LogP contribution >= 0.6 is 0 Å². The molecule has 8 heteroatoms. The van der Waals surface area contributed by atoms with Gasteiger partial charge in [0.05, 0.1) is 11.6 Å². The molecule has 2 aromatic rings. The van der Waals surface area contributed by atoms with Crippen molar-refractivity contribution in [3.63, 3.8) is 0 Å². The molecule has 4 atom stereocenters. The van der Waals surface area contributed by atoms with Crippen molar-refractivity contribution in [2.75, 3.05) is 0 Å². The molecule has 0 aromatic heterocycles. The lowest BCUT2D eigenvalue weighted by Crippen LogP contribution is -2.60. The average molecular weight is 505 g/mol. The van der Waals surface area contributed by atoms with Gasteiger partial charge in [-0.1, -0.05) is 37.3 Å². The van der Waals surface area contributed by atoms with E-state index in [9.17, 15) is 19.2 Å². The smallest absolute Gasteiger partial charge is 0.411 e. The van der Waals surface area contributed by atoms with Crippen LogP contribution in [0.15, 0.2) is 42.5 Å². The fourth-order valence-corrected chi connectivity index (χ4v) is 4.58. The van der Waals surface area contributed by atoms with Gasteiger partial charge in [-0.25, -0.2) is 9.18 Å². The Bertz CT molecular complexity index is 1220. The number of likely N-dealkylation sites (tertiary alicyclic amines) is 1. The topological polar surface area (TPSA) is 106 Å². The van der Waals surface area contributed by atoms with Crippen molar-refractivity contribution < 1.29 is 18.7 Å². The van der Waals surface area contributed by atoms with Crippen molar-refractivity contribution in [2.24, 2.45) is 5.92 Å². The molecule has 2 aromatic carbocycles. The molecule has 2 amide bonds. The van der Waals surface area contributed by atoms with Gasteiger partial charge in [0.15, 0.2) is 0 Å². The number of nitriles is 2. The zero-order chi connectivity index (χ0) is 27.3. The summed E-state index contributed by atoms with van der Waals surface area (Å²) in [6, 6.07) is 13.9. The Morgan fingerprint density at radius 2 is 1.76 bits per heavy atom. The molecule has 0 saturated carbocycles. The lowest BCUT2D eigenvalue weighted by molar-refractivity contribution is -0.131. The van der Waals surface area contributed by atoms with E-state index in [1.165, 1.54) is 17.0 Å². The summed E-state index contributed by atoms with van der Waals surface area (Å²) in [6.45, 7) is 9.19. The van der Waals surface area contributed by atoms with E-state index in [0.717, 1.165) is 24.0 Å². The number of nitrogens with one attached hydrogen (secondary N) is 1. The van der Waals surface area contributed by atoms with Crippen LogP contribution in [0.1, 0.15) is 58.6 Å². The number of carbonyl (C=O) groups excluding carboxylic acids is 2. The molecule has 0 aliphatic carbocycles. The van der Waals surface area contributed by atoms with E-state index in [0.29, 0.717) is 5.56 Å². The Hall–Kier alpha value is -3.91. The van der Waals surface area contributed by atoms with Gasteiger partial charge in [0, 0.05) is 12.5 Å². The Morgan fingerprint density at radius 3 is 2.32 bits per heavy atom. The number of hydrogen-bond acceptors (Lipinski definition) is 5. The van der Waals surface area contributed by atoms with Crippen LogP contribution in [0.5, 0.6) is 0 Å². The first-order valence-electron chi connectivity index (χ1n) is 12.4. The van der Waals surface area contributed by atoms with Gasteiger partial charge in [0.25, 0.3) is 0 Å². The van der Waals surface area contributed by atoms with Gasteiger partial charge in [-0.2, -0.15) is 10.5 Å². The average Bonchev–Trinajstić information content (AvgIpc) is 2.83. The molecule has 194 valence electrons. The van der Waals surface area contributed by atoms with Crippen LogP contribution in [0.25, 0.3) is 11.1 Å². The number of benzene rings is 2. The fourth-order valence-electron chi connectivity index (χ4n) is 4.58. The number of rotatable bonds is 5. The van der Waals surface area contributed by atoms with Crippen molar-refractivity contribution in [3.05, 3.63) is 59.4 Å². The third-order valence-corrected chi connectivity index (χ3v) is 6.52. The van der Waals surface area contributed by atoms with Crippen molar-refractivity contribution in [2.45, 2.75) is 77.6 Å². The van der Waals surface area contributed by atoms with Gasteiger partial charge in [-0.05, 0) is 75.3 Å². The summed E-state index contributed by atoms with van der Waals surface area (Å²) in [5.74, 6) is -1.04. The van der Waals surface area contributed by atoms with Crippen LogP contribution in [0.4, 0.5) is 9.18 Å². The highest BCUT2D eigenvalue weighted by Gasteiger charge is 2.42. The van der Waals surface area contributed by atoms with Gasteiger partial charge in [-0.3, -0.25) is 9.69 Å². The van der Waals surface area contributed by atoms with Crippen LogP contribution in [-0.4, -0.2) is 40.6 Å². The minimum Gasteiger partial charge on any atom is -0.444 e. The first-order chi connectivity index (χ1) is 17.4. The van der Waals surface area contributed by atoms with Gasteiger partial charge >= 0.3 is 6.09 Å². The van der Waals surface area contributed by atoms with Gasteiger partial charge in [-0.15, -0.1) is 0 Å². The molecule has 1 saturated heterocycles. The highest BCUT2D eigenvalue weighted by atomic mass is 19.1. The Kier molecular flexibility index (Phi) is 8.55. The predicted molar refractivity (Wildman–Crippen MR) is 138 cm³/mol. The van der Waals surface area contributed by atoms with E-state index < -0.39 is 29.6 Å². The number of piperidine rings is 1. The predicted octanol–water partition coefficient (Wildman–Crippen LogP) is 5.34. The van der Waals surface area contributed by atoms with Crippen LogP contribution in [0.2, 0.25) is 0 Å². The maximum absolute atomic E-state index is 14.0. The lowest BCUT2D eigenvalue weighted by atomic mass is 9.86. The molecule has 0 spiro atoms. The van der Waals surface area contributed by atoms with Crippen molar-refractivity contribution in [1.29, 1.82) is 10.5 Å². The lowest BCUT2D eigenvalue weighted by Gasteiger charge is -2.43.